The maximum Gasteiger partial charge on any atom is 0.317 e. The van der Waals surface area contributed by atoms with E-state index in [0.29, 0.717) is 5.82 Å². The zero-order valence-electron chi connectivity index (χ0n) is 8.55. The molecule has 4 heteroatoms. The van der Waals surface area contributed by atoms with Crippen LogP contribution in [0.4, 0.5) is 0 Å². The van der Waals surface area contributed by atoms with Crippen LogP contribution in [0.15, 0.2) is 0 Å². The number of carboxylic acids is 1. The van der Waals surface area contributed by atoms with E-state index in [1.165, 1.54) is 18.5 Å². The van der Waals surface area contributed by atoms with Gasteiger partial charge in [-0.2, -0.15) is 0 Å². The smallest absolute Gasteiger partial charge is 0.317 e. The summed E-state index contributed by atoms with van der Waals surface area (Å²) < 4.78 is 0. The number of nitrogens with one attached hydrogen (secondary N) is 1. The molecule has 0 unspecified atom stereocenters. The number of rotatable bonds is 2. The van der Waals surface area contributed by atoms with Gasteiger partial charge in [-0.25, -0.2) is 4.98 Å². The lowest BCUT2D eigenvalue weighted by molar-refractivity contribution is -0.140. The third-order valence-electron chi connectivity index (χ3n) is 3.57. The van der Waals surface area contributed by atoms with Gasteiger partial charge in [0, 0.05) is 5.69 Å². The third-order valence-corrected chi connectivity index (χ3v) is 3.57. The highest BCUT2D eigenvalue weighted by Gasteiger charge is 2.54. The van der Waals surface area contributed by atoms with Crippen LogP contribution in [0, 0.1) is 0 Å². The highest BCUT2D eigenvalue weighted by atomic mass is 16.4. The Morgan fingerprint density at radius 3 is 2.67 bits per heavy atom. The molecule has 0 aromatic carbocycles. The average molecular weight is 206 g/mol. The summed E-state index contributed by atoms with van der Waals surface area (Å²) in [7, 11) is 0. The SMILES string of the molecule is O=C(O)C1(c2nc3c([nH]2)CCCC3)CC1. The first kappa shape index (κ1) is 8.95. The topological polar surface area (TPSA) is 66.0 Å². The van der Waals surface area contributed by atoms with E-state index in [1.807, 2.05) is 0 Å². The molecule has 0 saturated heterocycles. The molecular formula is C11H14N2O2. The Morgan fingerprint density at radius 1 is 1.33 bits per heavy atom. The van der Waals surface area contributed by atoms with Gasteiger partial charge < -0.3 is 10.1 Å². The number of hydrogen-bond acceptors (Lipinski definition) is 2. The first-order chi connectivity index (χ1) is 7.22. The summed E-state index contributed by atoms with van der Waals surface area (Å²) in [6, 6.07) is 0. The minimum atomic E-state index is -0.728. The Hall–Kier alpha value is -1.32. The molecule has 1 aromatic heterocycles. The Balaban J connectivity index is 1.99. The van der Waals surface area contributed by atoms with E-state index in [0.717, 1.165) is 31.4 Å². The van der Waals surface area contributed by atoms with Crippen LogP contribution >= 0.6 is 0 Å². The number of fused-ring (bicyclic) bond motifs is 1. The van der Waals surface area contributed by atoms with Gasteiger partial charge in [-0.05, 0) is 38.5 Å². The number of imidazole rings is 1. The van der Waals surface area contributed by atoms with Crippen LogP contribution in [0.3, 0.4) is 0 Å². The monoisotopic (exact) mass is 206 g/mol. The van der Waals surface area contributed by atoms with Crippen LogP contribution in [0.5, 0.6) is 0 Å². The van der Waals surface area contributed by atoms with Gasteiger partial charge in [0.15, 0.2) is 0 Å². The van der Waals surface area contributed by atoms with Gasteiger partial charge >= 0.3 is 5.97 Å². The van der Waals surface area contributed by atoms with Crippen LogP contribution in [0.25, 0.3) is 0 Å². The summed E-state index contributed by atoms with van der Waals surface area (Å²) in [6.07, 6.45) is 5.86. The first-order valence-electron chi connectivity index (χ1n) is 5.54. The van der Waals surface area contributed by atoms with E-state index in [1.54, 1.807) is 0 Å². The number of carbonyl (C=O) groups is 1. The fourth-order valence-corrected chi connectivity index (χ4v) is 2.36. The highest BCUT2D eigenvalue weighted by Crippen LogP contribution is 2.47. The lowest BCUT2D eigenvalue weighted by Crippen LogP contribution is -2.21. The fraction of sp³-hybridized carbons (Fsp3) is 0.636. The lowest BCUT2D eigenvalue weighted by Gasteiger charge is -2.07. The molecule has 2 aliphatic carbocycles. The number of H-pyrrole nitrogens is 1. The molecule has 2 N–H and O–H groups in total. The van der Waals surface area contributed by atoms with Crippen molar-refractivity contribution in [2.75, 3.05) is 0 Å². The van der Waals surface area contributed by atoms with Gasteiger partial charge in [-0.1, -0.05) is 0 Å². The van der Waals surface area contributed by atoms with Crippen molar-refractivity contribution in [2.24, 2.45) is 0 Å². The molecule has 0 atom stereocenters. The van der Waals surface area contributed by atoms with E-state index >= 15 is 0 Å². The standard InChI is InChI=1S/C11H14N2O2/c14-10(15)11(5-6-11)9-12-7-3-1-2-4-8(7)13-9/h1-6H2,(H,12,13)(H,14,15). The number of hydrogen-bond donors (Lipinski definition) is 2. The molecule has 0 bridgehead atoms. The predicted molar refractivity (Wildman–Crippen MR) is 53.8 cm³/mol. The summed E-state index contributed by atoms with van der Waals surface area (Å²) in [4.78, 5) is 18.8. The van der Waals surface area contributed by atoms with Crippen LogP contribution in [-0.2, 0) is 23.1 Å². The largest absolute Gasteiger partial charge is 0.480 e. The van der Waals surface area contributed by atoms with E-state index in [-0.39, 0.29) is 0 Å². The molecule has 4 nitrogen and oxygen atoms in total. The summed E-state index contributed by atoms with van der Waals surface area (Å²) in [5.74, 6) is -0.0319. The number of carboxylic acid groups (broad SMARTS) is 1. The number of aromatic amines is 1. The van der Waals surface area contributed by atoms with E-state index in [9.17, 15) is 4.79 Å². The summed E-state index contributed by atoms with van der Waals surface area (Å²) in [6.45, 7) is 0. The second kappa shape index (κ2) is 2.84. The molecular weight excluding hydrogens is 192 g/mol. The molecule has 0 spiro atoms. The van der Waals surface area contributed by atoms with E-state index < -0.39 is 11.4 Å². The molecule has 1 aromatic rings. The zero-order valence-corrected chi connectivity index (χ0v) is 8.55. The number of aliphatic carboxylic acids is 1. The van der Waals surface area contributed by atoms with Gasteiger partial charge in [0.1, 0.15) is 11.2 Å². The molecule has 2 aliphatic rings. The molecule has 1 fully saturated rings. The van der Waals surface area contributed by atoms with Crippen molar-refractivity contribution in [1.82, 2.24) is 9.97 Å². The minimum Gasteiger partial charge on any atom is -0.480 e. The molecule has 15 heavy (non-hydrogen) atoms. The predicted octanol–water partition coefficient (Wildman–Crippen LogP) is 1.40. The summed E-state index contributed by atoms with van der Waals surface area (Å²) in [5, 5.41) is 9.16. The molecule has 1 saturated carbocycles. The second-order valence-electron chi connectivity index (χ2n) is 4.61. The van der Waals surface area contributed by atoms with E-state index in [4.69, 9.17) is 5.11 Å². The Kier molecular flexibility index (Phi) is 1.69. The quantitative estimate of drug-likeness (QED) is 0.768. The Bertz CT molecular complexity index is 395. The Labute approximate surface area is 87.7 Å². The van der Waals surface area contributed by atoms with Gasteiger partial charge in [-0.15, -0.1) is 0 Å². The van der Waals surface area contributed by atoms with Crippen molar-refractivity contribution in [2.45, 2.75) is 43.9 Å². The fourth-order valence-electron chi connectivity index (χ4n) is 2.36. The normalized spacial score (nSPS) is 22.1. The molecule has 0 amide bonds. The van der Waals surface area contributed by atoms with Crippen molar-refractivity contribution < 1.29 is 9.90 Å². The highest BCUT2D eigenvalue weighted by molar-refractivity contribution is 5.83. The van der Waals surface area contributed by atoms with Crippen molar-refractivity contribution in [3.63, 3.8) is 0 Å². The number of aryl methyl sites for hydroxylation is 2. The Morgan fingerprint density at radius 2 is 2.07 bits per heavy atom. The van der Waals surface area contributed by atoms with Crippen molar-refractivity contribution in [1.29, 1.82) is 0 Å². The number of aromatic nitrogens is 2. The van der Waals surface area contributed by atoms with Crippen LogP contribution < -0.4 is 0 Å². The third kappa shape index (κ3) is 1.20. The van der Waals surface area contributed by atoms with Crippen molar-refractivity contribution >= 4 is 5.97 Å². The molecule has 1 heterocycles. The van der Waals surface area contributed by atoms with Crippen LogP contribution in [0.1, 0.15) is 42.9 Å². The number of nitrogens with zero attached hydrogens (tertiary/aromatic N) is 1. The summed E-state index contributed by atoms with van der Waals surface area (Å²) >= 11 is 0. The minimum absolute atomic E-state index is 0.669. The van der Waals surface area contributed by atoms with Gasteiger partial charge in [0.05, 0.1) is 5.69 Å². The summed E-state index contributed by atoms with van der Waals surface area (Å²) in [5.41, 5.74) is 1.60. The van der Waals surface area contributed by atoms with Crippen LogP contribution in [-0.4, -0.2) is 21.0 Å². The lowest BCUT2D eigenvalue weighted by atomic mass is 10.0. The second-order valence-corrected chi connectivity index (χ2v) is 4.61. The molecule has 0 aliphatic heterocycles. The zero-order chi connectivity index (χ0) is 10.5. The van der Waals surface area contributed by atoms with E-state index in [2.05, 4.69) is 9.97 Å². The van der Waals surface area contributed by atoms with Crippen molar-refractivity contribution in [3.8, 4) is 0 Å². The van der Waals surface area contributed by atoms with Gasteiger partial charge in [0.2, 0.25) is 0 Å². The van der Waals surface area contributed by atoms with Crippen molar-refractivity contribution in [3.05, 3.63) is 17.2 Å². The molecule has 3 rings (SSSR count). The van der Waals surface area contributed by atoms with Gasteiger partial charge in [-0.3, -0.25) is 4.79 Å². The van der Waals surface area contributed by atoms with Crippen LogP contribution in [0.2, 0.25) is 0 Å². The average Bonchev–Trinajstić information content (AvgIpc) is 2.93. The first-order valence-corrected chi connectivity index (χ1v) is 5.54. The van der Waals surface area contributed by atoms with Gasteiger partial charge in [0.25, 0.3) is 0 Å². The maximum absolute atomic E-state index is 11.1. The molecule has 80 valence electrons. The maximum atomic E-state index is 11.1. The molecule has 0 radical (unpaired) electrons.